The second kappa shape index (κ2) is 8.70. The van der Waals surface area contributed by atoms with E-state index in [1.165, 1.54) is 36.6 Å². The van der Waals surface area contributed by atoms with Gasteiger partial charge in [-0.05, 0) is 31.0 Å². The number of methoxy groups -OCH3 is 1. The predicted molar refractivity (Wildman–Crippen MR) is 90.8 cm³/mol. The summed E-state index contributed by atoms with van der Waals surface area (Å²) in [6.45, 7) is 1.17. The Bertz CT molecular complexity index is 720. The van der Waals surface area contributed by atoms with Crippen molar-refractivity contribution < 1.29 is 23.0 Å². The molecule has 0 aliphatic carbocycles. The zero-order valence-electron chi connectivity index (χ0n) is 14.1. The third-order valence-corrected chi connectivity index (χ3v) is 4.64. The van der Waals surface area contributed by atoms with Gasteiger partial charge in [-0.2, -0.15) is 8.78 Å². The van der Waals surface area contributed by atoms with Crippen molar-refractivity contribution in [2.75, 3.05) is 12.4 Å². The van der Waals surface area contributed by atoms with Crippen LogP contribution in [0.1, 0.15) is 48.0 Å². The van der Waals surface area contributed by atoms with Crippen LogP contribution < -0.4 is 14.8 Å². The van der Waals surface area contributed by atoms with Gasteiger partial charge in [-0.25, -0.2) is 0 Å². The van der Waals surface area contributed by atoms with Crippen molar-refractivity contribution in [2.24, 2.45) is 0 Å². The summed E-state index contributed by atoms with van der Waals surface area (Å²) < 4.78 is 34.0. The van der Waals surface area contributed by atoms with E-state index in [0.717, 1.165) is 17.8 Å². The maximum absolute atomic E-state index is 12.3. The Morgan fingerprint density at radius 2 is 1.96 bits per heavy atom. The molecule has 0 radical (unpaired) electrons. The Labute approximate surface area is 148 Å². The number of halogens is 2. The molecule has 0 bridgehead atoms. The number of carbonyl (C=O) groups excluding carboxylic acids is 1. The van der Waals surface area contributed by atoms with Crippen molar-refractivity contribution in [1.82, 2.24) is 10.2 Å². The number of alkyl halides is 2. The fourth-order valence-electron chi connectivity index (χ4n) is 2.26. The lowest BCUT2D eigenvalue weighted by Crippen LogP contribution is -2.12. The Hall–Kier alpha value is -2.29. The van der Waals surface area contributed by atoms with Crippen LogP contribution in [0, 0.1) is 0 Å². The number of aromatic nitrogens is 2. The molecule has 0 atom stereocenters. The number of anilines is 1. The number of nitrogens with one attached hydrogen (secondary N) is 1. The third-order valence-electron chi connectivity index (χ3n) is 3.64. The molecule has 0 spiro atoms. The molecule has 2 aromatic rings. The summed E-state index contributed by atoms with van der Waals surface area (Å²) in [5.74, 6) is -0.216. The Balaban J connectivity index is 2.13. The van der Waals surface area contributed by atoms with Crippen molar-refractivity contribution in [3.8, 4) is 11.5 Å². The van der Waals surface area contributed by atoms with E-state index in [1.54, 1.807) is 0 Å². The molecule has 0 saturated heterocycles. The summed E-state index contributed by atoms with van der Waals surface area (Å²) in [5.41, 5.74) is 0.234. The number of hydrogen-bond acceptors (Lipinski definition) is 6. The topological polar surface area (TPSA) is 73.3 Å². The lowest BCUT2D eigenvalue weighted by molar-refractivity contribution is -0.0512. The van der Waals surface area contributed by atoms with Gasteiger partial charge in [0, 0.05) is 11.5 Å². The van der Waals surface area contributed by atoms with Gasteiger partial charge in [-0.1, -0.05) is 25.2 Å². The summed E-state index contributed by atoms with van der Waals surface area (Å²) in [5, 5.41) is 12.0. The zero-order valence-corrected chi connectivity index (χ0v) is 14.9. The van der Waals surface area contributed by atoms with E-state index in [2.05, 4.69) is 34.1 Å². The van der Waals surface area contributed by atoms with Gasteiger partial charge >= 0.3 is 6.61 Å². The highest BCUT2D eigenvalue weighted by Crippen LogP contribution is 2.31. The van der Waals surface area contributed by atoms with Gasteiger partial charge < -0.3 is 9.47 Å². The van der Waals surface area contributed by atoms with Crippen LogP contribution in [0.5, 0.6) is 11.5 Å². The fraction of sp³-hybridized carbons (Fsp3) is 0.438. The number of ether oxygens (including phenoxy) is 2. The van der Waals surface area contributed by atoms with Crippen LogP contribution >= 0.6 is 11.3 Å². The van der Waals surface area contributed by atoms with E-state index in [1.807, 2.05) is 0 Å². The van der Waals surface area contributed by atoms with E-state index in [9.17, 15) is 13.6 Å². The highest BCUT2D eigenvalue weighted by atomic mass is 32.1. The second-order valence-electron chi connectivity index (χ2n) is 5.16. The smallest absolute Gasteiger partial charge is 0.387 e. The molecule has 0 fully saturated rings. The van der Waals surface area contributed by atoms with E-state index in [4.69, 9.17) is 4.74 Å². The minimum atomic E-state index is -2.97. The van der Waals surface area contributed by atoms with Gasteiger partial charge in [0.15, 0.2) is 11.5 Å². The molecule has 1 heterocycles. The maximum Gasteiger partial charge on any atom is 0.387 e. The predicted octanol–water partition coefficient (Wildman–Crippen LogP) is 4.30. The summed E-state index contributed by atoms with van der Waals surface area (Å²) in [6, 6.07) is 3.96. The summed E-state index contributed by atoms with van der Waals surface area (Å²) in [6.07, 6.45) is 1.89. The minimum absolute atomic E-state index is 0.0444. The molecular formula is C16H19F2N3O3S. The van der Waals surface area contributed by atoms with Gasteiger partial charge in [-0.15, -0.1) is 10.2 Å². The normalized spacial score (nSPS) is 11.0. The Morgan fingerprint density at radius 1 is 1.24 bits per heavy atom. The molecule has 0 aliphatic heterocycles. The van der Waals surface area contributed by atoms with Gasteiger partial charge in [0.25, 0.3) is 5.91 Å². The Morgan fingerprint density at radius 3 is 2.56 bits per heavy atom. The first-order valence-corrected chi connectivity index (χ1v) is 8.57. The molecule has 1 aromatic heterocycles. The van der Waals surface area contributed by atoms with Crippen LogP contribution in [-0.4, -0.2) is 29.8 Å². The number of carbonyl (C=O) groups is 1. The van der Waals surface area contributed by atoms with Gasteiger partial charge in [0.05, 0.1) is 7.11 Å². The van der Waals surface area contributed by atoms with Crippen molar-refractivity contribution in [2.45, 2.75) is 39.2 Å². The first-order chi connectivity index (χ1) is 12.0. The van der Waals surface area contributed by atoms with Gasteiger partial charge in [-0.3, -0.25) is 10.1 Å². The highest BCUT2D eigenvalue weighted by Gasteiger charge is 2.17. The molecule has 0 saturated carbocycles. The average Bonchev–Trinajstić information content (AvgIpc) is 3.04. The van der Waals surface area contributed by atoms with Gasteiger partial charge in [0.1, 0.15) is 5.01 Å². The van der Waals surface area contributed by atoms with Crippen LogP contribution in [-0.2, 0) is 0 Å². The molecule has 1 N–H and O–H groups in total. The zero-order chi connectivity index (χ0) is 18.4. The summed E-state index contributed by atoms with van der Waals surface area (Å²) in [4.78, 5) is 12.3. The summed E-state index contributed by atoms with van der Waals surface area (Å²) in [7, 11) is 1.31. The van der Waals surface area contributed by atoms with Gasteiger partial charge in [0.2, 0.25) is 5.13 Å². The molecule has 25 heavy (non-hydrogen) atoms. The SMILES string of the molecule is CCC(CC)c1nnc(NC(=O)c2ccc(OC(F)F)c(OC)c2)s1. The molecule has 0 unspecified atom stereocenters. The molecule has 2 rings (SSSR count). The number of benzene rings is 1. The molecule has 6 nitrogen and oxygen atoms in total. The first kappa shape index (κ1) is 19.0. The van der Waals surface area contributed by atoms with Crippen molar-refractivity contribution in [1.29, 1.82) is 0 Å². The third kappa shape index (κ3) is 4.85. The number of rotatable bonds is 8. The number of amides is 1. The first-order valence-electron chi connectivity index (χ1n) is 7.76. The Kier molecular flexibility index (Phi) is 6.63. The largest absolute Gasteiger partial charge is 0.493 e. The molecule has 136 valence electrons. The lowest BCUT2D eigenvalue weighted by Gasteiger charge is -2.11. The molecule has 0 aliphatic rings. The molecular weight excluding hydrogens is 352 g/mol. The van der Waals surface area contributed by atoms with Crippen LogP contribution in [0.3, 0.4) is 0 Å². The molecule has 9 heteroatoms. The quantitative estimate of drug-likeness (QED) is 0.749. The number of hydrogen-bond donors (Lipinski definition) is 1. The van der Waals surface area contributed by atoms with E-state index in [0.29, 0.717) is 11.0 Å². The van der Waals surface area contributed by atoms with Crippen molar-refractivity contribution >= 4 is 22.4 Å². The average molecular weight is 371 g/mol. The second-order valence-corrected chi connectivity index (χ2v) is 6.17. The molecule has 1 amide bonds. The maximum atomic E-state index is 12.3. The standard InChI is InChI=1S/C16H19F2N3O3S/c1-4-9(5-2)14-20-21-16(25-14)19-13(22)10-6-7-11(24-15(17)18)12(8-10)23-3/h6-9,15H,4-5H2,1-3H3,(H,19,21,22). The minimum Gasteiger partial charge on any atom is -0.493 e. The van der Waals surface area contributed by atoms with Crippen LogP contribution in [0.4, 0.5) is 13.9 Å². The number of nitrogens with zero attached hydrogens (tertiary/aromatic N) is 2. The van der Waals surface area contributed by atoms with Crippen LogP contribution in [0.25, 0.3) is 0 Å². The molecule has 1 aromatic carbocycles. The highest BCUT2D eigenvalue weighted by molar-refractivity contribution is 7.15. The summed E-state index contributed by atoms with van der Waals surface area (Å²) >= 11 is 1.33. The van der Waals surface area contributed by atoms with Crippen LogP contribution in [0.15, 0.2) is 18.2 Å². The van der Waals surface area contributed by atoms with Crippen LogP contribution in [0.2, 0.25) is 0 Å². The van der Waals surface area contributed by atoms with E-state index in [-0.39, 0.29) is 17.1 Å². The monoisotopic (exact) mass is 371 g/mol. The van der Waals surface area contributed by atoms with E-state index >= 15 is 0 Å². The fourth-order valence-corrected chi connectivity index (χ4v) is 3.26. The lowest BCUT2D eigenvalue weighted by atomic mass is 10.1. The van der Waals surface area contributed by atoms with Crippen molar-refractivity contribution in [3.63, 3.8) is 0 Å². The van der Waals surface area contributed by atoms with E-state index < -0.39 is 12.5 Å². The van der Waals surface area contributed by atoms with Crippen molar-refractivity contribution in [3.05, 3.63) is 28.8 Å².